The molecule has 2 rings (SSSR count). The maximum absolute atomic E-state index is 5.25. The lowest BCUT2D eigenvalue weighted by Gasteiger charge is -2.09. The second kappa shape index (κ2) is 9.62. The quantitative estimate of drug-likeness (QED) is 0.765. The van der Waals surface area contributed by atoms with Crippen molar-refractivity contribution in [3.05, 3.63) is 47.8 Å². The molecule has 124 valence electrons. The van der Waals surface area contributed by atoms with Gasteiger partial charge in [-0.25, -0.2) is 9.97 Å². The minimum atomic E-state index is 0.599. The number of allylic oxidation sites excluding steroid dienone is 3. The molecule has 0 saturated heterocycles. The van der Waals surface area contributed by atoms with Crippen LogP contribution in [0.5, 0.6) is 5.75 Å². The van der Waals surface area contributed by atoms with Gasteiger partial charge in [0.05, 0.1) is 18.3 Å². The fraction of sp³-hybridized carbons (Fsp3) is 0.368. The van der Waals surface area contributed by atoms with Crippen LogP contribution in [0.2, 0.25) is 0 Å². The van der Waals surface area contributed by atoms with Gasteiger partial charge in [-0.05, 0) is 38.5 Å². The van der Waals surface area contributed by atoms with Crippen molar-refractivity contribution >= 4 is 16.9 Å². The normalized spacial score (nSPS) is 11.3. The van der Waals surface area contributed by atoms with Crippen LogP contribution in [0.15, 0.2) is 42.1 Å². The van der Waals surface area contributed by atoms with Gasteiger partial charge in [0.1, 0.15) is 5.75 Å². The van der Waals surface area contributed by atoms with Crippen LogP contribution in [0.1, 0.15) is 39.8 Å². The molecule has 0 aliphatic rings. The molecule has 0 saturated carbocycles. The highest BCUT2D eigenvalue weighted by Crippen LogP contribution is 2.22. The Morgan fingerprint density at radius 2 is 2.00 bits per heavy atom. The first-order valence-electron chi connectivity index (χ1n) is 8.10. The molecule has 0 spiro atoms. The van der Waals surface area contributed by atoms with Crippen molar-refractivity contribution in [1.82, 2.24) is 9.97 Å². The van der Waals surface area contributed by atoms with E-state index in [4.69, 9.17) is 4.74 Å². The standard InChI is InChI=1S/C17H21N3O.C2H6/c1-5-7-8-13(6-2)19-17-18-12(3)15-10-9-14(21-4)11-16(15)20-17;1-2/h6-11H,5H2,1-4H3,(H,18,19,20);1-2H3/b8-7-,13-6+;. The summed E-state index contributed by atoms with van der Waals surface area (Å²) in [5, 5.41) is 4.28. The number of fused-ring (bicyclic) bond motifs is 1. The fourth-order valence-electron chi connectivity index (χ4n) is 2.03. The summed E-state index contributed by atoms with van der Waals surface area (Å²) in [6.07, 6.45) is 7.13. The number of hydrogen-bond acceptors (Lipinski definition) is 4. The zero-order chi connectivity index (χ0) is 17.2. The van der Waals surface area contributed by atoms with E-state index in [1.807, 2.05) is 58.0 Å². The zero-order valence-corrected chi connectivity index (χ0v) is 15.0. The average molecular weight is 313 g/mol. The SMILES string of the molecule is C/C=C(\C=C/CC)Nc1nc(C)c2ccc(OC)cc2n1.CC. The molecule has 0 atom stereocenters. The van der Waals surface area contributed by atoms with Crippen LogP contribution in [0, 0.1) is 6.92 Å². The molecule has 0 aliphatic heterocycles. The van der Waals surface area contributed by atoms with Crippen molar-refractivity contribution in [3.8, 4) is 5.75 Å². The van der Waals surface area contributed by atoms with Crippen molar-refractivity contribution in [2.24, 2.45) is 0 Å². The number of rotatable bonds is 5. The van der Waals surface area contributed by atoms with E-state index in [0.717, 1.165) is 34.5 Å². The molecule has 0 amide bonds. The minimum absolute atomic E-state index is 0.599. The van der Waals surface area contributed by atoms with Crippen LogP contribution in [0.3, 0.4) is 0 Å². The van der Waals surface area contributed by atoms with Crippen LogP contribution in [-0.4, -0.2) is 17.1 Å². The number of anilines is 1. The van der Waals surface area contributed by atoms with Crippen LogP contribution in [0.4, 0.5) is 5.95 Å². The molecule has 0 radical (unpaired) electrons. The van der Waals surface area contributed by atoms with Crippen LogP contribution in [-0.2, 0) is 0 Å². The van der Waals surface area contributed by atoms with E-state index in [0.29, 0.717) is 5.95 Å². The summed E-state index contributed by atoms with van der Waals surface area (Å²) in [6, 6.07) is 5.83. The van der Waals surface area contributed by atoms with Crippen molar-refractivity contribution < 1.29 is 4.74 Å². The van der Waals surface area contributed by atoms with E-state index in [9.17, 15) is 0 Å². The van der Waals surface area contributed by atoms with Gasteiger partial charge in [-0.1, -0.05) is 32.9 Å². The highest BCUT2D eigenvalue weighted by Gasteiger charge is 2.06. The molecule has 23 heavy (non-hydrogen) atoms. The molecule has 4 nitrogen and oxygen atoms in total. The molecule has 0 aliphatic carbocycles. The molecule has 0 unspecified atom stereocenters. The first-order valence-corrected chi connectivity index (χ1v) is 8.10. The first kappa shape index (κ1) is 18.7. The molecular weight excluding hydrogens is 286 g/mol. The Balaban J connectivity index is 0.00000127. The minimum Gasteiger partial charge on any atom is -0.497 e. The van der Waals surface area contributed by atoms with Gasteiger partial charge in [0.25, 0.3) is 0 Å². The second-order valence-corrected chi connectivity index (χ2v) is 4.70. The number of hydrogen-bond donors (Lipinski definition) is 1. The Morgan fingerprint density at radius 1 is 1.26 bits per heavy atom. The Hall–Kier alpha value is -2.36. The van der Waals surface area contributed by atoms with Gasteiger partial charge in [0, 0.05) is 17.1 Å². The van der Waals surface area contributed by atoms with Gasteiger partial charge in [-0.3, -0.25) is 0 Å². The molecule has 1 aromatic heterocycles. The molecule has 1 N–H and O–H groups in total. The number of nitrogens with zero attached hydrogens (tertiary/aromatic N) is 2. The van der Waals surface area contributed by atoms with E-state index in [1.54, 1.807) is 7.11 Å². The maximum atomic E-state index is 5.25. The van der Waals surface area contributed by atoms with Crippen LogP contribution in [0.25, 0.3) is 10.9 Å². The second-order valence-electron chi connectivity index (χ2n) is 4.70. The van der Waals surface area contributed by atoms with Gasteiger partial charge in [0.15, 0.2) is 0 Å². The Labute approximate surface area is 139 Å². The lowest BCUT2D eigenvalue weighted by molar-refractivity contribution is 0.415. The number of nitrogens with one attached hydrogen (secondary N) is 1. The van der Waals surface area contributed by atoms with Gasteiger partial charge < -0.3 is 10.1 Å². The smallest absolute Gasteiger partial charge is 0.227 e. The third-order valence-electron chi connectivity index (χ3n) is 3.19. The van der Waals surface area contributed by atoms with Crippen LogP contribution >= 0.6 is 0 Å². The monoisotopic (exact) mass is 313 g/mol. The topological polar surface area (TPSA) is 47.0 Å². The third-order valence-corrected chi connectivity index (χ3v) is 3.19. The predicted molar refractivity (Wildman–Crippen MR) is 99.0 cm³/mol. The number of benzene rings is 1. The summed E-state index contributed by atoms with van der Waals surface area (Å²) in [5.74, 6) is 1.39. The summed E-state index contributed by atoms with van der Waals surface area (Å²) in [5.41, 5.74) is 2.80. The third kappa shape index (κ3) is 5.09. The highest BCUT2D eigenvalue weighted by atomic mass is 16.5. The maximum Gasteiger partial charge on any atom is 0.227 e. The first-order chi connectivity index (χ1) is 11.2. The predicted octanol–water partition coefficient (Wildman–Crippen LogP) is 5.25. The van der Waals surface area contributed by atoms with E-state index < -0.39 is 0 Å². The molecule has 0 bridgehead atoms. The highest BCUT2D eigenvalue weighted by molar-refractivity contribution is 5.83. The molecule has 1 heterocycles. The van der Waals surface area contributed by atoms with Gasteiger partial charge in [0.2, 0.25) is 5.95 Å². The summed E-state index contributed by atoms with van der Waals surface area (Å²) in [6.45, 7) is 10.1. The summed E-state index contributed by atoms with van der Waals surface area (Å²) >= 11 is 0. The van der Waals surface area contributed by atoms with Gasteiger partial charge in [-0.15, -0.1) is 0 Å². The van der Waals surface area contributed by atoms with E-state index in [2.05, 4.69) is 28.3 Å². The van der Waals surface area contributed by atoms with E-state index >= 15 is 0 Å². The van der Waals surface area contributed by atoms with Gasteiger partial charge >= 0.3 is 0 Å². The summed E-state index contributed by atoms with van der Waals surface area (Å²) in [7, 11) is 1.65. The number of ether oxygens (including phenoxy) is 1. The van der Waals surface area contributed by atoms with Crippen molar-refractivity contribution in [3.63, 3.8) is 0 Å². The molecule has 0 fully saturated rings. The molecule has 1 aromatic carbocycles. The summed E-state index contributed by atoms with van der Waals surface area (Å²) < 4.78 is 5.25. The average Bonchev–Trinajstić information content (AvgIpc) is 2.59. The van der Waals surface area contributed by atoms with E-state index in [1.165, 1.54) is 0 Å². The largest absolute Gasteiger partial charge is 0.497 e. The Kier molecular flexibility index (Phi) is 7.81. The lowest BCUT2D eigenvalue weighted by atomic mass is 10.2. The molecule has 2 aromatic rings. The van der Waals surface area contributed by atoms with Gasteiger partial charge in [-0.2, -0.15) is 0 Å². The van der Waals surface area contributed by atoms with Crippen molar-refractivity contribution in [2.45, 2.75) is 41.0 Å². The number of methoxy groups -OCH3 is 1. The molecule has 4 heteroatoms. The number of aromatic nitrogens is 2. The van der Waals surface area contributed by atoms with Crippen molar-refractivity contribution in [1.29, 1.82) is 0 Å². The van der Waals surface area contributed by atoms with E-state index in [-0.39, 0.29) is 0 Å². The number of aryl methyl sites for hydroxylation is 1. The summed E-state index contributed by atoms with van der Waals surface area (Å²) in [4.78, 5) is 9.08. The Morgan fingerprint density at radius 3 is 2.61 bits per heavy atom. The van der Waals surface area contributed by atoms with Crippen molar-refractivity contribution in [2.75, 3.05) is 12.4 Å². The van der Waals surface area contributed by atoms with Crippen LogP contribution < -0.4 is 10.1 Å². The molecular formula is C19H27N3O. The Bertz CT molecular complexity index is 690. The lowest BCUT2D eigenvalue weighted by Crippen LogP contribution is -2.03. The fourth-order valence-corrected chi connectivity index (χ4v) is 2.03. The zero-order valence-electron chi connectivity index (χ0n) is 15.0.